The number of carbonyl (C=O) groups is 1. The highest BCUT2D eigenvalue weighted by Gasteiger charge is 2.10. The zero-order valence-electron chi connectivity index (χ0n) is 9.48. The Morgan fingerprint density at radius 1 is 1.35 bits per heavy atom. The predicted octanol–water partition coefficient (Wildman–Crippen LogP) is 3.07. The largest absolute Gasteiger partial charge is 0.374 e. The summed E-state index contributed by atoms with van der Waals surface area (Å²) in [6.45, 7) is 3.74. The van der Waals surface area contributed by atoms with Crippen LogP contribution in [0, 0.1) is 5.82 Å². The molecule has 0 aromatic heterocycles. The van der Waals surface area contributed by atoms with Crippen molar-refractivity contribution in [1.82, 2.24) is 5.32 Å². The lowest BCUT2D eigenvalue weighted by Crippen LogP contribution is -2.34. The van der Waals surface area contributed by atoms with E-state index in [-0.39, 0.29) is 28.5 Å². The Bertz CT molecular complexity index is 401. The molecule has 2 N–H and O–H groups in total. The summed E-state index contributed by atoms with van der Waals surface area (Å²) >= 11 is 11.6. The van der Waals surface area contributed by atoms with E-state index in [0.29, 0.717) is 5.69 Å². The number of hydrogen-bond acceptors (Lipinski definition) is 2. The van der Waals surface area contributed by atoms with Crippen molar-refractivity contribution in [3.8, 4) is 0 Å². The van der Waals surface area contributed by atoms with E-state index in [1.54, 1.807) is 0 Å². The summed E-state index contributed by atoms with van der Waals surface area (Å²) in [6, 6.07) is 2.33. The van der Waals surface area contributed by atoms with Gasteiger partial charge in [0.05, 0.1) is 22.3 Å². The predicted molar refractivity (Wildman–Crippen MR) is 68.2 cm³/mol. The minimum Gasteiger partial charge on any atom is -0.374 e. The van der Waals surface area contributed by atoms with E-state index >= 15 is 0 Å². The van der Waals surface area contributed by atoms with E-state index in [1.807, 2.05) is 13.8 Å². The van der Waals surface area contributed by atoms with Crippen molar-refractivity contribution in [2.24, 2.45) is 0 Å². The summed E-state index contributed by atoms with van der Waals surface area (Å²) in [5, 5.41) is 5.76. The topological polar surface area (TPSA) is 41.1 Å². The summed E-state index contributed by atoms with van der Waals surface area (Å²) in [4.78, 5) is 11.4. The number of halogens is 3. The van der Waals surface area contributed by atoms with Crippen molar-refractivity contribution in [3.63, 3.8) is 0 Å². The molecule has 0 spiro atoms. The van der Waals surface area contributed by atoms with Crippen LogP contribution in [0.25, 0.3) is 0 Å². The van der Waals surface area contributed by atoms with Gasteiger partial charge >= 0.3 is 0 Å². The molecule has 0 heterocycles. The first-order valence-electron chi connectivity index (χ1n) is 5.08. The maximum absolute atomic E-state index is 12.9. The molecule has 0 bridgehead atoms. The second-order valence-corrected chi connectivity index (χ2v) is 4.63. The monoisotopic (exact) mass is 278 g/mol. The van der Waals surface area contributed by atoms with Gasteiger partial charge in [-0.3, -0.25) is 4.79 Å². The normalized spacial score (nSPS) is 10.5. The van der Waals surface area contributed by atoms with Gasteiger partial charge in [-0.15, -0.1) is 0 Å². The molecule has 0 saturated carbocycles. The highest BCUT2D eigenvalue weighted by atomic mass is 35.5. The average Bonchev–Trinajstić information content (AvgIpc) is 2.14. The number of hydrogen-bond donors (Lipinski definition) is 2. The van der Waals surface area contributed by atoms with Gasteiger partial charge in [-0.05, 0) is 26.0 Å². The zero-order chi connectivity index (χ0) is 13.0. The SMILES string of the molecule is CC(C)NC(=O)CNc1c(Cl)cc(F)cc1Cl. The third kappa shape index (κ3) is 4.40. The van der Waals surface area contributed by atoms with Gasteiger partial charge in [0.2, 0.25) is 5.91 Å². The lowest BCUT2D eigenvalue weighted by atomic mass is 10.3. The van der Waals surface area contributed by atoms with Crippen molar-refractivity contribution in [3.05, 3.63) is 28.0 Å². The first-order chi connectivity index (χ1) is 7.90. The summed E-state index contributed by atoms with van der Waals surface area (Å²) in [5.41, 5.74) is 0.355. The molecule has 3 nitrogen and oxygen atoms in total. The lowest BCUT2D eigenvalue weighted by Gasteiger charge is -2.12. The van der Waals surface area contributed by atoms with E-state index in [2.05, 4.69) is 10.6 Å². The molecule has 0 saturated heterocycles. The minimum atomic E-state index is -0.516. The molecule has 0 atom stereocenters. The van der Waals surface area contributed by atoms with Gasteiger partial charge in [0, 0.05) is 6.04 Å². The Hall–Kier alpha value is -1.00. The van der Waals surface area contributed by atoms with Gasteiger partial charge in [-0.1, -0.05) is 23.2 Å². The van der Waals surface area contributed by atoms with Gasteiger partial charge in [-0.2, -0.15) is 0 Å². The molecule has 0 unspecified atom stereocenters. The molecule has 1 aromatic rings. The lowest BCUT2D eigenvalue weighted by molar-refractivity contribution is -0.119. The fourth-order valence-corrected chi connectivity index (χ4v) is 1.85. The standard InChI is InChI=1S/C11H13Cl2FN2O/c1-6(2)16-10(17)5-15-11-8(12)3-7(14)4-9(11)13/h3-4,6,15H,5H2,1-2H3,(H,16,17). The van der Waals surface area contributed by atoms with E-state index < -0.39 is 5.82 Å². The highest BCUT2D eigenvalue weighted by molar-refractivity contribution is 6.39. The van der Waals surface area contributed by atoms with Crippen LogP contribution in [0.5, 0.6) is 0 Å². The molecule has 0 aliphatic carbocycles. The van der Waals surface area contributed by atoms with Crippen LogP contribution in [0.3, 0.4) is 0 Å². The molecule has 0 aliphatic rings. The third-order valence-corrected chi connectivity index (χ3v) is 2.48. The molecule has 94 valence electrons. The molecule has 1 rings (SSSR count). The van der Waals surface area contributed by atoms with Crippen LogP contribution in [0.4, 0.5) is 10.1 Å². The Labute approximate surface area is 109 Å². The van der Waals surface area contributed by atoms with Crippen LogP contribution in [0.2, 0.25) is 10.0 Å². The third-order valence-electron chi connectivity index (χ3n) is 1.88. The van der Waals surface area contributed by atoms with E-state index in [9.17, 15) is 9.18 Å². The first-order valence-corrected chi connectivity index (χ1v) is 5.83. The Morgan fingerprint density at radius 2 is 1.88 bits per heavy atom. The van der Waals surface area contributed by atoms with Crippen molar-refractivity contribution < 1.29 is 9.18 Å². The molecule has 1 amide bonds. The first kappa shape index (κ1) is 14.1. The maximum atomic E-state index is 12.9. The number of anilines is 1. The summed E-state index contributed by atoms with van der Waals surface area (Å²) in [7, 11) is 0. The number of benzene rings is 1. The fourth-order valence-electron chi connectivity index (χ4n) is 1.25. The van der Waals surface area contributed by atoms with Crippen molar-refractivity contribution >= 4 is 34.8 Å². The number of carbonyl (C=O) groups excluding carboxylic acids is 1. The van der Waals surface area contributed by atoms with Crippen molar-refractivity contribution in [2.75, 3.05) is 11.9 Å². The molecular weight excluding hydrogens is 266 g/mol. The second-order valence-electron chi connectivity index (χ2n) is 3.82. The van der Waals surface area contributed by atoms with Gasteiger partial charge < -0.3 is 10.6 Å². The molecule has 0 radical (unpaired) electrons. The van der Waals surface area contributed by atoms with Crippen molar-refractivity contribution in [1.29, 1.82) is 0 Å². The van der Waals surface area contributed by atoms with Gasteiger partial charge in [0.1, 0.15) is 5.82 Å². The van der Waals surface area contributed by atoms with Crippen LogP contribution in [0.15, 0.2) is 12.1 Å². The minimum absolute atomic E-state index is 0.0310. The average molecular weight is 279 g/mol. The second kappa shape index (κ2) is 6.07. The van der Waals surface area contributed by atoms with E-state index in [4.69, 9.17) is 23.2 Å². The highest BCUT2D eigenvalue weighted by Crippen LogP contribution is 2.30. The smallest absolute Gasteiger partial charge is 0.239 e. The van der Waals surface area contributed by atoms with Crippen LogP contribution in [-0.2, 0) is 4.79 Å². The zero-order valence-corrected chi connectivity index (χ0v) is 11.0. The summed E-state index contributed by atoms with van der Waals surface area (Å²) < 4.78 is 12.9. The van der Waals surface area contributed by atoms with Gasteiger partial charge in [0.15, 0.2) is 0 Å². The van der Waals surface area contributed by atoms with Crippen LogP contribution in [-0.4, -0.2) is 18.5 Å². The molecule has 17 heavy (non-hydrogen) atoms. The molecule has 1 aromatic carbocycles. The van der Waals surface area contributed by atoms with Crippen molar-refractivity contribution in [2.45, 2.75) is 19.9 Å². The molecular formula is C11H13Cl2FN2O. The summed E-state index contributed by atoms with van der Waals surface area (Å²) in [6.07, 6.45) is 0. The molecule has 6 heteroatoms. The van der Waals surface area contributed by atoms with E-state index in [0.717, 1.165) is 12.1 Å². The summed E-state index contributed by atoms with van der Waals surface area (Å²) in [5.74, 6) is -0.700. The van der Waals surface area contributed by atoms with Crippen LogP contribution < -0.4 is 10.6 Å². The number of rotatable bonds is 4. The van der Waals surface area contributed by atoms with E-state index in [1.165, 1.54) is 0 Å². The fraction of sp³-hybridized carbons (Fsp3) is 0.364. The number of amides is 1. The Kier molecular flexibility index (Phi) is 5.02. The van der Waals surface area contributed by atoms with Gasteiger partial charge in [-0.25, -0.2) is 4.39 Å². The van der Waals surface area contributed by atoms with Crippen LogP contribution >= 0.6 is 23.2 Å². The maximum Gasteiger partial charge on any atom is 0.239 e. The van der Waals surface area contributed by atoms with Crippen LogP contribution in [0.1, 0.15) is 13.8 Å². The number of nitrogens with one attached hydrogen (secondary N) is 2. The quantitative estimate of drug-likeness (QED) is 0.889. The van der Waals surface area contributed by atoms with Gasteiger partial charge in [0.25, 0.3) is 0 Å². The Balaban J connectivity index is 2.67. The molecule has 0 fully saturated rings. The Morgan fingerprint density at radius 3 is 2.35 bits per heavy atom. The molecule has 0 aliphatic heterocycles.